The van der Waals surface area contributed by atoms with E-state index in [9.17, 15) is 26.3 Å². The first-order valence-corrected chi connectivity index (χ1v) is 9.94. The van der Waals surface area contributed by atoms with Crippen molar-refractivity contribution in [2.75, 3.05) is 13.2 Å². The Bertz CT molecular complexity index is 1030. The van der Waals surface area contributed by atoms with E-state index in [1.165, 1.54) is 12.1 Å². The van der Waals surface area contributed by atoms with E-state index >= 15 is 0 Å². The number of nitrogens with zero attached hydrogens (tertiary/aromatic N) is 2. The minimum absolute atomic E-state index is 0.00455. The molecule has 2 heterocycles. The molecule has 2 aromatic carbocycles. The van der Waals surface area contributed by atoms with Crippen LogP contribution in [0.2, 0.25) is 0 Å². The fourth-order valence-corrected chi connectivity index (χ4v) is 3.40. The molecule has 4 rings (SSSR count). The highest BCUT2D eigenvalue weighted by molar-refractivity contribution is 5.74. The number of hydrogen-bond acceptors (Lipinski definition) is 6. The number of alkyl halides is 6. The summed E-state index contributed by atoms with van der Waals surface area (Å²) in [5.74, 6) is 0. The van der Waals surface area contributed by atoms with Crippen LogP contribution in [-0.4, -0.2) is 25.3 Å². The highest BCUT2D eigenvalue weighted by atomic mass is 19.4. The van der Waals surface area contributed by atoms with E-state index in [1.807, 2.05) is 0 Å². The van der Waals surface area contributed by atoms with Crippen LogP contribution in [0.3, 0.4) is 0 Å². The number of benzene rings is 2. The van der Waals surface area contributed by atoms with Gasteiger partial charge < -0.3 is 20.9 Å². The minimum Gasteiger partial charge on any atom is -0.462 e. The Labute approximate surface area is 191 Å². The quantitative estimate of drug-likeness (QED) is 0.608. The van der Waals surface area contributed by atoms with Gasteiger partial charge in [0.1, 0.15) is 24.3 Å². The standard InChI is InChI=1S/2C11H11F3N2O/c2*1-10(6-17-9(15)16-10)7-3-2-4-8(5-7)11(12,13)14/h2*2-5H,6H2,1H3,(H2,15,16)/t10-;/m0./s1. The lowest BCUT2D eigenvalue weighted by Crippen LogP contribution is -2.21. The highest BCUT2D eigenvalue weighted by Gasteiger charge is 2.37. The lowest BCUT2D eigenvalue weighted by Gasteiger charge is -2.19. The Balaban J connectivity index is 0.000000191. The van der Waals surface area contributed by atoms with Crippen molar-refractivity contribution in [2.24, 2.45) is 21.5 Å². The molecule has 0 fully saturated rings. The molecule has 0 amide bonds. The molecule has 6 nitrogen and oxygen atoms in total. The molecule has 2 aromatic rings. The summed E-state index contributed by atoms with van der Waals surface area (Å²) >= 11 is 0. The summed E-state index contributed by atoms with van der Waals surface area (Å²) in [6.07, 6.45) is -8.72. The van der Waals surface area contributed by atoms with E-state index in [-0.39, 0.29) is 25.3 Å². The molecule has 34 heavy (non-hydrogen) atoms. The van der Waals surface area contributed by atoms with Gasteiger partial charge in [-0.15, -0.1) is 0 Å². The van der Waals surface area contributed by atoms with Crippen molar-refractivity contribution in [3.8, 4) is 0 Å². The Morgan fingerprint density at radius 1 is 0.706 bits per heavy atom. The van der Waals surface area contributed by atoms with Crippen molar-refractivity contribution >= 4 is 12.0 Å². The summed E-state index contributed by atoms with van der Waals surface area (Å²) < 4.78 is 85.4. The van der Waals surface area contributed by atoms with Crippen LogP contribution in [0.25, 0.3) is 0 Å². The summed E-state index contributed by atoms with van der Waals surface area (Å²) in [6.45, 7) is 3.67. The third kappa shape index (κ3) is 5.54. The maximum atomic E-state index is 12.6. The van der Waals surface area contributed by atoms with E-state index in [2.05, 4.69) is 9.98 Å². The molecule has 0 aliphatic carbocycles. The van der Waals surface area contributed by atoms with Gasteiger partial charge in [-0.2, -0.15) is 26.3 Å². The molecule has 4 N–H and O–H groups in total. The van der Waals surface area contributed by atoms with Gasteiger partial charge in [-0.1, -0.05) is 24.3 Å². The average molecular weight is 488 g/mol. The first-order chi connectivity index (χ1) is 15.6. The van der Waals surface area contributed by atoms with Crippen molar-refractivity contribution in [3.05, 3.63) is 70.8 Å². The van der Waals surface area contributed by atoms with Gasteiger partial charge in [0.15, 0.2) is 0 Å². The number of hydrogen-bond donors (Lipinski definition) is 2. The predicted molar refractivity (Wildman–Crippen MR) is 113 cm³/mol. The SMILES string of the molecule is CC1(c2cccc(C(F)(F)F)c2)COC(N)=N1.C[C@@]1(c2cccc(C(F)(F)F)c2)COC(N)=N1. The van der Waals surface area contributed by atoms with Gasteiger partial charge in [-0.3, -0.25) is 0 Å². The number of amidine groups is 2. The zero-order chi connectivity index (χ0) is 25.4. The van der Waals surface area contributed by atoms with Gasteiger partial charge in [0.05, 0.1) is 11.1 Å². The smallest absolute Gasteiger partial charge is 0.416 e. The van der Waals surface area contributed by atoms with Crippen LogP contribution in [0.1, 0.15) is 36.1 Å². The number of rotatable bonds is 2. The zero-order valence-electron chi connectivity index (χ0n) is 18.2. The second-order valence-corrected chi connectivity index (χ2v) is 8.18. The van der Waals surface area contributed by atoms with Crippen molar-refractivity contribution in [1.29, 1.82) is 0 Å². The molecular formula is C22H22F6N4O2. The summed E-state index contributed by atoms with van der Waals surface area (Å²) in [6, 6.07) is 10.1. The largest absolute Gasteiger partial charge is 0.462 e. The van der Waals surface area contributed by atoms with E-state index in [4.69, 9.17) is 20.9 Å². The number of aliphatic imine (C=N–C) groups is 2. The van der Waals surface area contributed by atoms with E-state index in [0.29, 0.717) is 11.1 Å². The molecule has 0 aromatic heterocycles. The minimum atomic E-state index is -4.36. The van der Waals surface area contributed by atoms with Crippen LogP contribution in [0.15, 0.2) is 58.5 Å². The van der Waals surface area contributed by atoms with Gasteiger partial charge in [0.25, 0.3) is 12.0 Å². The molecule has 2 aliphatic rings. The maximum Gasteiger partial charge on any atom is 0.416 e. The summed E-state index contributed by atoms with van der Waals surface area (Å²) in [7, 11) is 0. The van der Waals surface area contributed by atoms with Crippen LogP contribution < -0.4 is 11.5 Å². The van der Waals surface area contributed by atoms with Crippen LogP contribution in [0.5, 0.6) is 0 Å². The molecule has 184 valence electrons. The summed E-state index contributed by atoms with van der Waals surface area (Å²) in [4.78, 5) is 8.04. The molecular weight excluding hydrogens is 466 g/mol. The van der Waals surface area contributed by atoms with Gasteiger partial charge in [-0.25, -0.2) is 9.98 Å². The van der Waals surface area contributed by atoms with Gasteiger partial charge >= 0.3 is 12.4 Å². The summed E-state index contributed by atoms with van der Waals surface area (Å²) in [5, 5.41) is 0. The Kier molecular flexibility index (Phi) is 6.47. The number of ether oxygens (including phenoxy) is 2. The first kappa shape index (κ1) is 25.2. The second-order valence-electron chi connectivity index (χ2n) is 8.18. The topological polar surface area (TPSA) is 95.2 Å². The monoisotopic (exact) mass is 488 g/mol. The van der Waals surface area contributed by atoms with Gasteiger partial charge in [0.2, 0.25) is 0 Å². The lowest BCUT2D eigenvalue weighted by molar-refractivity contribution is -0.138. The van der Waals surface area contributed by atoms with Crippen LogP contribution in [0.4, 0.5) is 26.3 Å². The fourth-order valence-electron chi connectivity index (χ4n) is 3.40. The Hall–Kier alpha value is -3.44. The zero-order valence-corrected chi connectivity index (χ0v) is 18.2. The number of nitrogens with two attached hydrogens (primary N) is 2. The highest BCUT2D eigenvalue weighted by Crippen LogP contribution is 2.36. The number of halogens is 6. The molecule has 2 aliphatic heterocycles. The van der Waals surface area contributed by atoms with Crippen molar-refractivity contribution < 1.29 is 35.8 Å². The molecule has 0 bridgehead atoms. The maximum absolute atomic E-state index is 12.6. The second kappa shape index (κ2) is 8.73. The Morgan fingerprint density at radius 2 is 1.06 bits per heavy atom. The van der Waals surface area contributed by atoms with E-state index in [1.54, 1.807) is 26.0 Å². The van der Waals surface area contributed by atoms with E-state index < -0.39 is 34.6 Å². The normalized spacial score (nSPS) is 24.4. The van der Waals surface area contributed by atoms with Crippen molar-refractivity contribution in [1.82, 2.24) is 0 Å². The molecule has 0 saturated heterocycles. The lowest BCUT2D eigenvalue weighted by atomic mass is 9.92. The third-order valence-electron chi connectivity index (χ3n) is 5.34. The molecule has 0 radical (unpaired) electrons. The van der Waals surface area contributed by atoms with Gasteiger partial charge in [-0.05, 0) is 49.2 Å². The van der Waals surface area contributed by atoms with Crippen molar-refractivity contribution in [3.63, 3.8) is 0 Å². The van der Waals surface area contributed by atoms with Crippen LogP contribution >= 0.6 is 0 Å². The molecule has 0 saturated carbocycles. The van der Waals surface area contributed by atoms with Crippen LogP contribution in [0, 0.1) is 0 Å². The average Bonchev–Trinajstić information content (AvgIpc) is 3.30. The first-order valence-electron chi connectivity index (χ1n) is 9.94. The molecule has 1 unspecified atom stereocenters. The van der Waals surface area contributed by atoms with Gasteiger partial charge in [0, 0.05) is 0 Å². The third-order valence-corrected chi connectivity index (χ3v) is 5.34. The molecule has 2 atom stereocenters. The Morgan fingerprint density at radius 3 is 1.32 bits per heavy atom. The molecule has 0 spiro atoms. The van der Waals surface area contributed by atoms with Crippen LogP contribution in [-0.2, 0) is 32.9 Å². The van der Waals surface area contributed by atoms with Crippen molar-refractivity contribution in [2.45, 2.75) is 37.3 Å². The van der Waals surface area contributed by atoms with E-state index in [0.717, 1.165) is 24.3 Å². The predicted octanol–water partition coefficient (Wildman–Crippen LogP) is 4.53. The summed E-state index contributed by atoms with van der Waals surface area (Å²) in [5.41, 5.74) is 8.55. The fraction of sp³-hybridized carbons (Fsp3) is 0.364. The molecule has 12 heteroatoms.